The summed E-state index contributed by atoms with van der Waals surface area (Å²) in [6, 6.07) is 21.7. The number of halogens is 1. The van der Waals surface area contributed by atoms with Crippen LogP contribution in [0, 0.1) is 11.3 Å². The first kappa shape index (κ1) is 22.1. The van der Waals surface area contributed by atoms with Crippen LogP contribution in [0.2, 0.25) is 0 Å². The minimum absolute atomic E-state index is 0.170. The van der Waals surface area contributed by atoms with Crippen LogP contribution in [0.4, 0.5) is 4.39 Å². The van der Waals surface area contributed by atoms with Crippen molar-refractivity contribution in [2.24, 2.45) is 0 Å². The second-order valence-electron chi connectivity index (χ2n) is 7.79. The van der Waals surface area contributed by atoms with Crippen molar-refractivity contribution in [3.63, 3.8) is 0 Å². The Morgan fingerprint density at radius 3 is 2.11 bits per heavy atom. The van der Waals surface area contributed by atoms with Gasteiger partial charge in [0.05, 0.1) is 6.07 Å². The van der Waals surface area contributed by atoms with Gasteiger partial charge in [-0.3, -0.25) is 0 Å². The smallest absolute Gasteiger partial charge is 0.108 e. The summed E-state index contributed by atoms with van der Waals surface area (Å²) >= 11 is 0. The molecule has 0 amide bonds. The van der Waals surface area contributed by atoms with Gasteiger partial charge in [0, 0.05) is 25.4 Å². The van der Waals surface area contributed by atoms with Crippen molar-refractivity contribution >= 4 is 0 Å². The summed E-state index contributed by atoms with van der Waals surface area (Å²) in [7, 11) is 0. The molecule has 2 aromatic rings. The van der Waals surface area contributed by atoms with Gasteiger partial charge in [-0.2, -0.15) is 5.26 Å². The lowest BCUT2D eigenvalue weighted by molar-refractivity contribution is 0.222. The Kier molecular flexibility index (Phi) is 9.17. The first-order valence-corrected chi connectivity index (χ1v) is 10.4. The number of nitriles is 1. The van der Waals surface area contributed by atoms with E-state index < -0.39 is 6.17 Å². The molecule has 1 fully saturated rings. The average Bonchev–Trinajstić information content (AvgIpc) is 3.43. The van der Waals surface area contributed by atoms with Crippen LogP contribution in [0.25, 0.3) is 0 Å². The Balaban J connectivity index is 0.000000878. The predicted octanol–water partition coefficient (Wildman–Crippen LogP) is 5.93. The average molecular weight is 381 g/mol. The Morgan fingerprint density at radius 2 is 1.57 bits per heavy atom. The lowest BCUT2D eigenvalue weighted by Gasteiger charge is -2.26. The molecule has 0 heterocycles. The highest BCUT2D eigenvalue weighted by Crippen LogP contribution is 2.43. The lowest BCUT2D eigenvalue weighted by Crippen LogP contribution is -2.34. The van der Waals surface area contributed by atoms with Crippen molar-refractivity contribution in [3.05, 3.63) is 71.3 Å². The maximum absolute atomic E-state index is 13.1. The molecule has 1 aliphatic carbocycles. The summed E-state index contributed by atoms with van der Waals surface area (Å²) in [6.07, 6.45) is 3.49. The fourth-order valence-electron chi connectivity index (χ4n) is 3.47. The molecule has 3 heteroatoms. The van der Waals surface area contributed by atoms with Gasteiger partial charge in [0.25, 0.3) is 0 Å². The minimum atomic E-state index is -0.602. The Hall–Kier alpha value is -2.18. The van der Waals surface area contributed by atoms with E-state index in [0.29, 0.717) is 12.5 Å². The SMILES string of the molecule is CC#N.CC(C)N(CCCc1ccc(C2CC2F)cc1)CCc1ccccc1. The Morgan fingerprint density at radius 1 is 1.00 bits per heavy atom. The number of hydrogen-bond donors (Lipinski definition) is 0. The van der Waals surface area contributed by atoms with Crippen molar-refractivity contribution in [2.45, 2.75) is 64.6 Å². The molecule has 2 aromatic carbocycles. The largest absolute Gasteiger partial charge is 0.301 e. The third-order valence-corrected chi connectivity index (χ3v) is 5.29. The Bertz CT molecular complexity index is 718. The van der Waals surface area contributed by atoms with Gasteiger partial charge in [0.2, 0.25) is 0 Å². The molecular weight excluding hydrogens is 347 g/mol. The number of aryl methyl sites for hydroxylation is 1. The molecule has 28 heavy (non-hydrogen) atoms. The first-order chi connectivity index (χ1) is 13.5. The van der Waals surface area contributed by atoms with Crippen molar-refractivity contribution in [3.8, 4) is 6.07 Å². The van der Waals surface area contributed by atoms with Crippen molar-refractivity contribution in [2.75, 3.05) is 13.1 Å². The van der Waals surface area contributed by atoms with Crippen LogP contribution in [0.3, 0.4) is 0 Å². The Labute approximate surface area is 170 Å². The summed E-state index contributed by atoms with van der Waals surface area (Å²) in [5, 5.41) is 7.32. The van der Waals surface area contributed by atoms with E-state index in [1.807, 2.05) is 0 Å². The third kappa shape index (κ3) is 7.44. The van der Waals surface area contributed by atoms with Gasteiger partial charge in [0.1, 0.15) is 6.17 Å². The van der Waals surface area contributed by atoms with Crippen molar-refractivity contribution < 1.29 is 4.39 Å². The van der Waals surface area contributed by atoms with E-state index in [1.54, 1.807) is 6.07 Å². The number of hydrogen-bond acceptors (Lipinski definition) is 2. The molecule has 1 saturated carbocycles. The number of nitrogens with zero attached hydrogens (tertiary/aromatic N) is 2. The van der Waals surface area contributed by atoms with Crippen LogP contribution in [-0.2, 0) is 12.8 Å². The van der Waals surface area contributed by atoms with Crippen LogP contribution >= 0.6 is 0 Å². The van der Waals surface area contributed by atoms with Crippen LogP contribution in [0.1, 0.15) is 56.2 Å². The molecule has 0 radical (unpaired) electrons. The molecule has 0 aliphatic heterocycles. The molecular formula is C25H33FN2. The monoisotopic (exact) mass is 380 g/mol. The van der Waals surface area contributed by atoms with Gasteiger partial charge in [-0.05, 0) is 62.8 Å². The van der Waals surface area contributed by atoms with Gasteiger partial charge >= 0.3 is 0 Å². The van der Waals surface area contributed by atoms with Gasteiger partial charge in [-0.15, -0.1) is 0 Å². The zero-order chi connectivity index (χ0) is 20.4. The number of benzene rings is 2. The number of alkyl halides is 1. The highest BCUT2D eigenvalue weighted by atomic mass is 19.1. The highest BCUT2D eigenvalue weighted by molar-refractivity contribution is 5.30. The molecule has 0 N–H and O–H groups in total. The van der Waals surface area contributed by atoms with Crippen LogP contribution in [0.15, 0.2) is 54.6 Å². The van der Waals surface area contributed by atoms with Gasteiger partial charge in [0.15, 0.2) is 0 Å². The van der Waals surface area contributed by atoms with Crippen LogP contribution in [0.5, 0.6) is 0 Å². The summed E-state index contributed by atoms with van der Waals surface area (Å²) in [5.41, 5.74) is 3.95. The normalized spacial score (nSPS) is 17.8. The summed E-state index contributed by atoms with van der Waals surface area (Å²) in [5.74, 6) is 0.170. The van der Waals surface area contributed by atoms with Crippen molar-refractivity contribution in [1.82, 2.24) is 4.90 Å². The van der Waals surface area contributed by atoms with Crippen molar-refractivity contribution in [1.29, 1.82) is 5.26 Å². The van der Waals surface area contributed by atoms with E-state index in [0.717, 1.165) is 25.9 Å². The molecule has 1 aliphatic rings. The summed E-state index contributed by atoms with van der Waals surface area (Å²) in [6.45, 7) is 8.23. The van der Waals surface area contributed by atoms with E-state index in [4.69, 9.17) is 5.26 Å². The minimum Gasteiger partial charge on any atom is -0.301 e. The molecule has 2 atom stereocenters. The fraction of sp³-hybridized carbons (Fsp3) is 0.480. The summed E-state index contributed by atoms with van der Waals surface area (Å²) < 4.78 is 13.1. The summed E-state index contributed by atoms with van der Waals surface area (Å²) in [4.78, 5) is 2.57. The van der Waals surface area contributed by atoms with E-state index in [1.165, 1.54) is 30.0 Å². The predicted molar refractivity (Wildman–Crippen MR) is 115 cm³/mol. The zero-order valence-corrected chi connectivity index (χ0v) is 17.4. The van der Waals surface area contributed by atoms with E-state index >= 15 is 0 Å². The van der Waals surface area contributed by atoms with Crippen LogP contribution in [-0.4, -0.2) is 30.2 Å². The highest BCUT2D eigenvalue weighted by Gasteiger charge is 2.38. The lowest BCUT2D eigenvalue weighted by atomic mass is 10.0. The second kappa shape index (κ2) is 11.6. The van der Waals surface area contributed by atoms with Crippen LogP contribution < -0.4 is 0 Å². The van der Waals surface area contributed by atoms with E-state index in [9.17, 15) is 4.39 Å². The zero-order valence-electron chi connectivity index (χ0n) is 17.4. The fourth-order valence-corrected chi connectivity index (χ4v) is 3.47. The van der Waals surface area contributed by atoms with Gasteiger partial charge < -0.3 is 4.90 Å². The molecule has 2 unspecified atom stereocenters. The molecule has 0 aromatic heterocycles. The molecule has 150 valence electrons. The quantitative estimate of drug-likeness (QED) is 0.539. The standard InChI is InChI=1S/C23H30FN.C2H3N/c1-18(2)25(16-14-19-7-4-3-5-8-19)15-6-9-20-10-12-21(13-11-20)22-17-23(22)24;1-2-3/h3-5,7-8,10-13,18,22-23H,6,9,14-17H2,1-2H3;1H3. The van der Waals surface area contributed by atoms with E-state index in [-0.39, 0.29) is 5.92 Å². The van der Waals surface area contributed by atoms with Gasteiger partial charge in [-0.1, -0.05) is 54.6 Å². The maximum Gasteiger partial charge on any atom is 0.108 e. The molecule has 0 saturated heterocycles. The molecule has 3 rings (SSSR count). The van der Waals surface area contributed by atoms with Gasteiger partial charge in [-0.25, -0.2) is 4.39 Å². The maximum atomic E-state index is 13.1. The molecule has 0 spiro atoms. The topological polar surface area (TPSA) is 27.0 Å². The third-order valence-electron chi connectivity index (χ3n) is 5.29. The second-order valence-corrected chi connectivity index (χ2v) is 7.79. The van der Waals surface area contributed by atoms with E-state index in [2.05, 4.69) is 73.3 Å². The number of rotatable bonds is 9. The molecule has 0 bridgehead atoms. The molecule has 2 nitrogen and oxygen atoms in total. The first-order valence-electron chi connectivity index (χ1n) is 10.4.